The van der Waals surface area contributed by atoms with Gasteiger partial charge in [0.2, 0.25) is 0 Å². The number of carbonyl (C=O) groups excluding carboxylic acids is 1. The minimum absolute atomic E-state index is 0.293. The first-order valence-electron chi connectivity index (χ1n) is 7.44. The maximum absolute atomic E-state index is 12.4. The SMILES string of the molecule is COc1cc(OC)cc(C(=O)Nc2ccc(NCC(C)O)nc2)c1. The molecule has 0 aliphatic rings. The summed E-state index contributed by atoms with van der Waals surface area (Å²) in [5.74, 6) is 1.40. The molecule has 1 heterocycles. The number of nitrogens with one attached hydrogen (secondary N) is 2. The molecule has 7 nitrogen and oxygen atoms in total. The number of amides is 1. The molecule has 0 bridgehead atoms. The predicted molar refractivity (Wildman–Crippen MR) is 91.9 cm³/mol. The monoisotopic (exact) mass is 331 g/mol. The number of aromatic nitrogens is 1. The number of anilines is 2. The molecule has 1 aromatic carbocycles. The molecule has 2 rings (SSSR count). The zero-order chi connectivity index (χ0) is 17.5. The molecule has 3 N–H and O–H groups in total. The Bertz CT molecular complexity index is 664. The van der Waals surface area contributed by atoms with Crippen LogP contribution in [0.5, 0.6) is 11.5 Å². The lowest BCUT2D eigenvalue weighted by molar-refractivity contribution is 0.102. The molecule has 0 fully saturated rings. The fourth-order valence-corrected chi connectivity index (χ4v) is 1.97. The summed E-state index contributed by atoms with van der Waals surface area (Å²) in [4.78, 5) is 16.5. The lowest BCUT2D eigenvalue weighted by atomic mass is 10.2. The van der Waals surface area contributed by atoms with Gasteiger partial charge in [-0.2, -0.15) is 0 Å². The van der Waals surface area contributed by atoms with E-state index in [2.05, 4.69) is 15.6 Å². The molecule has 1 atom stereocenters. The van der Waals surface area contributed by atoms with Crippen molar-refractivity contribution in [3.63, 3.8) is 0 Å². The lowest BCUT2D eigenvalue weighted by Gasteiger charge is -2.10. The van der Waals surface area contributed by atoms with Gasteiger partial charge in [-0.05, 0) is 31.2 Å². The molecule has 0 spiro atoms. The van der Waals surface area contributed by atoms with Gasteiger partial charge in [0.15, 0.2) is 0 Å². The van der Waals surface area contributed by atoms with Crippen molar-refractivity contribution >= 4 is 17.4 Å². The summed E-state index contributed by atoms with van der Waals surface area (Å²) < 4.78 is 10.3. The van der Waals surface area contributed by atoms with Crippen LogP contribution in [0.25, 0.3) is 0 Å². The number of ether oxygens (including phenoxy) is 2. The van der Waals surface area contributed by atoms with Crippen LogP contribution in [0.4, 0.5) is 11.5 Å². The number of aliphatic hydroxyl groups excluding tert-OH is 1. The van der Waals surface area contributed by atoms with Gasteiger partial charge in [-0.1, -0.05) is 0 Å². The Morgan fingerprint density at radius 3 is 2.38 bits per heavy atom. The quantitative estimate of drug-likeness (QED) is 0.720. The Morgan fingerprint density at radius 2 is 1.88 bits per heavy atom. The van der Waals surface area contributed by atoms with E-state index in [4.69, 9.17) is 9.47 Å². The number of pyridine rings is 1. The van der Waals surface area contributed by atoms with E-state index in [9.17, 15) is 9.90 Å². The van der Waals surface area contributed by atoms with Gasteiger partial charge in [-0.15, -0.1) is 0 Å². The highest BCUT2D eigenvalue weighted by Crippen LogP contribution is 2.23. The van der Waals surface area contributed by atoms with Crippen LogP contribution in [-0.4, -0.2) is 42.9 Å². The van der Waals surface area contributed by atoms with Crippen molar-refractivity contribution in [2.24, 2.45) is 0 Å². The molecule has 1 amide bonds. The molecular weight excluding hydrogens is 310 g/mol. The number of nitrogens with zero attached hydrogens (tertiary/aromatic N) is 1. The molecule has 1 unspecified atom stereocenters. The number of hydrogen-bond acceptors (Lipinski definition) is 6. The smallest absolute Gasteiger partial charge is 0.255 e. The highest BCUT2D eigenvalue weighted by molar-refractivity contribution is 6.04. The Morgan fingerprint density at radius 1 is 1.21 bits per heavy atom. The lowest BCUT2D eigenvalue weighted by Crippen LogP contribution is -2.16. The molecule has 7 heteroatoms. The van der Waals surface area contributed by atoms with E-state index >= 15 is 0 Å². The maximum Gasteiger partial charge on any atom is 0.255 e. The minimum Gasteiger partial charge on any atom is -0.497 e. The Hall–Kier alpha value is -2.80. The van der Waals surface area contributed by atoms with Crippen molar-refractivity contribution in [1.29, 1.82) is 0 Å². The number of rotatable bonds is 7. The van der Waals surface area contributed by atoms with E-state index in [1.54, 1.807) is 43.5 Å². The van der Waals surface area contributed by atoms with Crippen molar-refractivity contribution < 1.29 is 19.4 Å². The summed E-state index contributed by atoms with van der Waals surface area (Å²) in [6.45, 7) is 2.09. The third kappa shape index (κ3) is 4.85. The van der Waals surface area contributed by atoms with Crippen LogP contribution in [0.15, 0.2) is 36.5 Å². The first-order chi connectivity index (χ1) is 11.5. The molecule has 24 heavy (non-hydrogen) atoms. The number of methoxy groups -OCH3 is 2. The Kier molecular flexibility index (Phi) is 5.97. The molecule has 0 saturated carbocycles. The maximum atomic E-state index is 12.4. The van der Waals surface area contributed by atoms with Gasteiger partial charge in [0.05, 0.1) is 32.2 Å². The predicted octanol–water partition coefficient (Wildman–Crippen LogP) is 2.14. The highest BCUT2D eigenvalue weighted by Gasteiger charge is 2.10. The molecule has 128 valence electrons. The summed E-state index contributed by atoms with van der Waals surface area (Å²) in [5.41, 5.74) is 0.979. The van der Waals surface area contributed by atoms with Crippen LogP contribution >= 0.6 is 0 Å². The first kappa shape index (κ1) is 17.6. The van der Waals surface area contributed by atoms with Gasteiger partial charge in [-0.25, -0.2) is 4.98 Å². The van der Waals surface area contributed by atoms with Crippen molar-refractivity contribution in [1.82, 2.24) is 4.98 Å². The minimum atomic E-state index is -0.464. The van der Waals surface area contributed by atoms with E-state index in [0.717, 1.165) is 0 Å². The number of aliphatic hydroxyl groups is 1. The summed E-state index contributed by atoms with van der Waals surface area (Å²) in [6.07, 6.45) is 1.08. The Balaban J connectivity index is 2.06. The highest BCUT2D eigenvalue weighted by atomic mass is 16.5. The largest absolute Gasteiger partial charge is 0.497 e. The van der Waals surface area contributed by atoms with E-state index in [-0.39, 0.29) is 5.91 Å². The van der Waals surface area contributed by atoms with Gasteiger partial charge in [0.1, 0.15) is 17.3 Å². The number of hydrogen-bond donors (Lipinski definition) is 3. The van der Waals surface area contributed by atoms with Crippen molar-refractivity contribution in [2.45, 2.75) is 13.0 Å². The molecule has 0 saturated heterocycles. The van der Waals surface area contributed by atoms with E-state index in [1.807, 2.05) is 0 Å². The number of benzene rings is 1. The van der Waals surface area contributed by atoms with Crippen molar-refractivity contribution in [3.8, 4) is 11.5 Å². The van der Waals surface area contributed by atoms with Gasteiger partial charge < -0.3 is 25.2 Å². The van der Waals surface area contributed by atoms with Gasteiger partial charge >= 0.3 is 0 Å². The summed E-state index contributed by atoms with van der Waals surface area (Å²) in [7, 11) is 3.05. The van der Waals surface area contributed by atoms with Crippen LogP contribution in [0.2, 0.25) is 0 Å². The van der Waals surface area contributed by atoms with Crippen LogP contribution in [-0.2, 0) is 0 Å². The van der Waals surface area contributed by atoms with E-state index in [1.165, 1.54) is 14.2 Å². The molecular formula is C17H21N3O4. The molecule has 2 aromatic rings. The Labute approximate surface area is 140 Å². The van der Waals surface area contributed by atoms with Gasteiger partial charge in [0, 0.05) is 18.2 Å². The zero-order valence-electron chi connectivity index (χ0n) is 13.9. The third-order valence-corrected chi connectivity index (χ3v) is 3.21. The molecule has 0 aliphatic heterocycles. The van der Waals surface area contributed by atoms with Crippen LogP contribution in [0.3, 0.4) is 0 Å². The van der Waals surface area contributed by atoms with E-state index in [0.29, 0.717) is 35.1 Å². The normalized spacial score (nSPS) is 11.5. The fraction of sp³-hybridized carbons (Fsp3) is 0.294. The average molecular weight is 331 g/mol. The second kappa shape index (κ2) is 8.16. The average Bonchev–Trinajstić information content (AvgIpc) is 2.60. The van der Waals surface area contributed by atoms with Crippen molar-refractivity contribution in [3.05, 3.63) is 42.1 Å². The molecule has 1 aromatic heterocycles. The molecule has 0 aliphatic carbocycles. The fourth-order valence-electron chi connectivity index (χ4n) is 1.97. The molecule has 0 radical (unpaired) electrons. The standard InChI is InChI=1S/C17H21N3O4/c1-11(21)9-18-16-5-4-13(10-19-16)20-17(22)12-6-14(23-2)8-15(7-12)24-3/h4-8,10-11,21H,9H2,1-3H3,(H,18,19)(H,20,22). The third-order valence-electron chi connectivity index (χ3n) is 3.21. The van der Waals surface area contributed by atoms with Crippen LogP contribution < -0.4 is 20.1 Å². The number of carbonyl (C=O) groups is 1. The second-order valence-corrected chi connectivity index (χ2v) is 5.22. The summed E-state index contributed by atoms with van der Waals surface area (Å²) in [5, 5.41) is 15.0. The van der Waals surface area contributed by atoms with Crippen molar-refractivity contribution in [2.75, 3.05) is 31.4 Å². The van der Waals surface area contributed by atoms with Gasteiger partial charge in [-0.3, -0.25) is 4.79 Å². The summed E-state index contributed by atoms with van der Waals surface area (Å²) >= 11 is 0. The zero-order valence-corrected chi connectivity index (χ0v) is 13.9. The van der Waals surface area contributed by atoms with Crippen LogP contribution in [0.1, 0.15) is 17.3 Å². The van der Waals surface area contributed by atoms with Crippen LogP contribution in [0, 0.1) is 0 Å². The van der Waals surface area contributed by atoms with Gasteiger partial charge in [0.25, 0.3) is 5.91 Å². The second-order valence-electron chi connectivity index (χ2n) is 5.22. The van der Waals surface area contributed by atoms with E-state index < -0.39 is 6.10 Å². The topological polar surface area (TPSA) is 92.7 Å². The summed E-state index contributed by atoms with van der Waals surface area (Å²) in [6, 6.07) is 8.41. The first-order valence-corrected chi connectivity index (χ1v) is 7.44.